The maximum Gasteiger partial charge on any atom is 0.241 e. The molecule has 31 heavy (non-hydrogen) atoms. The first kappa shape index (κ1) is 20.4. The molecule has 9 heteroatoms. The van der Waals surface area contributed by atoms with E-state index in [1.807, 2.05) is 48.7 Å². The molecular weight excluding hydrogens is 434 g/mol. The second kappa shape index (κ2) is 8.92. The highest BCUT2D eigenvalue weighted by atomic mass is 35.5. The molecular formula is C22H22ClN5O2S. The Morgan fingerprint density at radius 2 is 1.74 bits per heavy atom. The molecule has 0 atom stereocenters. The summed E-state index contributed by atoms with van der Waals surface area (Å²) < 4.78 is 11.3. The third kappa shape index (κ3) is 4.72. The number of hydrogen-bond acceptors (Lipinski definition) is 8. The maximum absolute atomic E-state index is 5.95. The number of rotatable bonds is 6. The van der Waals surface area contributed by atoms with E-state index < -0.39 is 0 Å². The molecule has 1 fully saturated rings. The first-order valence-corrected chi connectivity index (χ1v) is 11.4. The number of aromatic nitrogens is 3. The van der Waals surface area contributed by atoms with Gasteiger partial charge in [0.1, 0.15) is 5.76 Å². The Kier molecular flexibility index (Phi) is 5.87. The molecule has 0 unspecified atom stereocenters. The summed E-state index contributed by atoms with van der Waals surface area (Å²) in [7, 11) is 0. The number of halogens is 1. The lowest BCUT2D eigenvalue weighted by Crippen LogP contribution is -2.45. The Labute approximate surface area is 189 Å². The summed E-state index contributed by atoms with van der Waals surface area (Å²) in [6.07, 6.45) is 0. The molecule has 1 saturated heterocycles. The first-order valence-electron chi connectivity index (χ1n) is 10.2. The third-order valence-electron chi connectivity index (χ3n) is 5.39. The van der Waals surface area contributed by atoms with Crippen molar-refractivity contribution in [3.05, 3.63) is 64.1 Å². The minimum atomic E-state index is 0.591. The number of nitrogens with zero attached hydrogens (tertiary/aromatic N) is 5. The average Bonchev–Trinajstić information content (AvgIpc) is 3.52. The van der Waals surface area contributed by atoms with Crippen LogP contribution in [0.25, 0.3) is 22.2 Å². The second-order valence-corrected chi connectivity index (χ2v) is 8.95. The van der Waals surface area contributed by atoms with Gasteiger partial charge >= 0.3 is 0 Å². The van der Waals surface area contributed by atoms with Gasteiger partial charge in [-0.15, -0.1) is 11.3 Å². The number of aryl methyl sites for hydroxylation is 1. The van der Waals surface area contributed by atoms with E-state index in [1.165, 1.54) is 0 Å². The summed E-state index contributed by atoms with van der Waals surface area (Å²) in [5, 5.41) is 6.83. The quantitative estimate of drug-likeness (QED) is 0.416. The van der Waals surface area contributed by atoms with E-state index >= 15 is 0 Å². The number of hydrogen-bond donors (Lipinski definition) is 0. The third-order valence-corrected chi connectivity index (χ3v) is 6.50. The minimum absolute atomic E-state index is 0.591. The van der Waals surface area contributed by atoms with Gasteiger partial charge in [0.25, 0.3) is 0 Å². The van der Waals surface area contributed by atoms with Crippen molar-refractivity contribution in [2.45, 2.75) is 20.0 Å². The SMILES string of the molecule is Cc1oc(-c2cccs2)nc1CN1CCN(Cc2nc(-c3ccc(Cl)cc3)no2)CC1. The fourth-order valence-corrected chi connectivity index (χ4v) is 4.40. The van der Waals surface area contributed by atoms with E-state index in [0.717, 1.165) is 54.6 Å². The van der Waals surface area contributed by atoms with Crippen LogP contribution >= 0.6 is 22.9 Å². The van der Waals surface area contributed by atoms with Gasteiger partial charge in [-0.05, 0) is 42.6 Å². The first-order chi connectivity index (χ1) is 15.1. The minimum Gasteiger partial charge on any atom is -0.440 e. The van der Waals surface area contributed by atoms with Crippen molar-refractivity contribution >= 4 is 22.9 Å². The van der Waals surface area contributed by atoms with Gasteiger partial charge < -0.3 is 8.94 Å². The van der Waals surface area contributed by atoms with Crippen molar-refractivity contribution in [2.75, 3.05) is 26.2 Å². The molecule has 1 aliphatic heterocycles. The topological polar surface area (TPSA) is 71.4 Å². The maximum atomic E-state index is 5.95. The summed E-state index contributed by atoms with van der Waals surface area (Å²) >= 11 is 7.59. The monoisotopic (exact) mass is 455 g/mol. The van der Waals surface area contributed by atoms with E-state index in [4.69, 9.17) is 25.5 Å². The van der Waals surface area contributed by atoms with E-state index in [0.29, 0.717) is 29.2 Å². The van der Waals surface area contributed by atoms with Crippen LogP contribution in [0, 0.1) is 6.92 Å². The van der Waals surface area contributed by atoms with E-state index in [2.05, 4.69) is 19.9 Å². The van der Waals surface area contributed by atoms with E-state index in [9.17, 15) is 0 Å². The number of oxazole rings is 1. The lowest BCUT2D eigenvalue weighted by atomic mass is 10.2. The van der Waals surface area contributed by atoms with Crippen LogP contribution in [0.2, 0.25) is 5.02 Å². The van der Waals surface area contributed by atoms with Crippen LogP contribution in [0.1, 0.15) is 17.3 Å². The number of thiophene rings is 1. The van der Waals surface area contributed by atoms with Gasteiger partial charge in [-0.25, -0.2) is 4.98 Å². The number of piperazine rings is 1. The molecule has 0 spiro atoms. The molecule has 0 bridgehead atoms. The van der Waals surface area contributed by atoms with Crippen LogP contribution in [-0.4, -0.2) is 51.1 Å². The van der Waals surface area contributed by atoms with Crippen molar-refractivity contribution in [1.82, 2.24) is 24.9 Å². The number of benzene rings is 1. The lowest BCUT2D eigenvalue weighted by Gasteiger charge is -2.33. The fraction of sp³-hybridized carbons (Fsp3) is 0.318. The molecule has 5 rings (SSSR count). The van der Waals surface area contributed by atoms with Gasteiger partial charge in [0.05, 0.1) is 17.1 Å². The van der Waals surface area contributed by atoms with Crippen molar-refractivity contribution < 1.29 is 8.94 Å². The Morgan fingerprint density at radius 3 is 2.45 bits per heavy atom. The van der Waals surface area contributed by atoms with Gasteiger partial charge in [0.2, 0.25) is 17.6 Å². The molecule has 0 N–H and O–H groups in total. The van der Waals surface area contributed by atoms with Crippen molar-refractivity contribution in [3.8, 4) is 22.2 Å². The predicted octanol–water partition coefficient (Wildman–Crippen LogP) is 4.73. The Balaban J connectivity index is 1.15. The van der Waals surface area contributed by atoms with Gasteiger partial charge in [0.15, 0.2) is 0 Å². The molecule has 160 valence electrons. The van der Waals surface area contributed by atoms with Crippen molar-refractivity contribution in [2.24, 2.45) is 0 Å². The predicted molar refractivity (Wildman–Crippen MR) is 120 cm³/mol. The van der Waals surface area contributed by atoms with Crippen molar-refractivity contribution in [1.29, 1.82) is 0 Å². The van der Waals surface area contributed by atoms with Crippen LogP contribution in [-0.2, 0) is 13.1 Å². The molecule has 3 aromatic heterocycles. The van der Waals surface area contributed by atoms with Crippen molar-refractivity contribution in [3.63, 3.8) is 0 Å². The zero-order valence-electron chi connectivity index (χ0n) is 17.1. The molecule has 7 nitrogen and oxygen atoms in total. The van der Waals surface area contributed by atoms with Crippen LogP contribution in [0.3, 0.4) is 0 Å². The lowest BCUT2D eigenvalue weighted by molar-refractivity contribution is 0.111. The van der Waals surface area contributed by atoms with E-state index in [1.54, 1.807) is 11.3 Å². The molecule has 0 amide bonds. The normalized spacial score (nSPS) is 15.5. The van der Waals surface area contributed by atoms with Gasteiger partial charge in [-0.2, -0.15) is 4.98 Å². The fourth-order valence-electron chi connectivity index (χ4n) is 3.62. The summed E-state index contributed by atoms with van der Waals surface area (Å²) in [4.78, 5) is 15.1. The zero-order valence-corrected chi connectivity index (χ0v) is 18.7. The second-order valence-electron chi connectivity index (χ2n) is 7.57. The Morgan fingerprint density at radius 1 is 1.00 bits per heavy atom. The Bertz CT molecular complexity index is 1130. The summed E-state index contributed by atoms with van der Waals surface area (Å²) in [6, 6.07) is 11.5. The van der Waals surface area contributed by atoms with Gasteiger partial charge in [0, 0.05) is 43.3 Å². The molecule has 0 saturated carbocycles. The molecule has 4 heterocycles. The van der Waals surface area contributed by atoms with E-state index in [-0.39, 0.29) is 0 Å². The smallest absolute Gasteiger partial charge is 0.241 e. The largest absolute Gasteiger partial charge is 0.440 e. The summed E-state index contributed by atoms with van der Waals surface area (Å²) in [5.74, 6) is 2.83. The van der Waals surface area contributed by atoms with Gasteiger partial charge in [-0.1, -0.05) is 22.8 Å². The molecule has 0 radical (unpaired) electrons. The van der Waals surface area contributed by atoms with Crippen LogP contribution in [0.5, 0.6) is 0 Å². The standard InChI is InChI=1S/C22H22ClN5O2S/c1-15-18(24-22(29-15)19-3-2-12-31-19)13-27-8-10-28(11-9-27)14-20-25-21(26-30-20)16-4-6-17(23)7-5-16/h2-7,12H,8-11,13-14H2,1H3. The molecule has 4 aromatic rings. The molecule has 1 aliphatic rings. The zero-order chi connectivity index (χ0) is 21.2. The van der Waals surface area contributed by atoms with Crippen LogP contribution in [0.4, 0.5) is 0 Å². The van der Waals surface area contributed by atoms with Crippen LogP contribution in [0.15, 0.2) is 50.7 Å². The highest BCUT2D eigenvalue weighted by Crippen LogP contribution is 2.26. The highest BCUT2D eigenvalue weighted by molar-refractivity contribution is 7.13. The van der Waals surface area contributed by atoms with Crippen LogP contribution < -0.4 is 0 Å². The average molecular weight is 456 g/mol. The van der Waals surface area contributed by atoms with Gasteiger partial charge in [-0.3, -0.25) is 9.80 Å². The molecule has 0 aliphatic carbocycles. The Hall–Kier alpha value is -2.52. The highest BCUT2D eigenvalue weighted by Gasteiger charge is 2.22. The molecule has 1 aromatic carbocycles. The summed E-state index contributed by atoms with van der Waals surface area (Å²) in [5.41, 5.74) is 1.91. The summed E-state index contributed by atoms with van der Waals surface area (Å²) in [6.45, 7) is 7.23.